The average Bonchev–Trinajstić information content (AvgIpc) is 3.33. The number of rotatable bonds is 4. The molecule has 1 amide bonds. The second-order valence-electron chi connectivity index (χ2n) is 8.77. The lowest BCUT2D eigenvalue weighted by Crippen LogP contribution is -2.43. The molecule has 1 aromatic heterocycles. The van der Waals surface area contributed by atoms with Crippen molar-refractivity contribution in [2.45, 2.75) is 62.9 Å². The number of carbonyl (C=O) groups is 1. The van der Waals surface area contributed by atoms with Crippen molar-refractivity contribution >= 4 is 32.7 Å². The van der Waals surface area contributed by atoms with Gasteiger partial charge in [-0.25, -0.2) is 13.4 Å². The summed E-state index contributed by atoms with van der Waals surface area (Å²) in [6.07, 6.45) is 5.68. The lowest BCUT2D eigenvalue weighted by molar-refractivity contribution is -0.119. The van der Waals surface area contributed by atoms with Crippen LogP contribution in [-0.2, 0) is 27.8 Å². The lowest BCUT2D eigenvalue weighted by atomic mass is 10.2. The molecule has 3 heterocycles. The van der Waals surface area contributed by atoms with Gasteiger partial charge in [0.25, 0.3) is 0 Å². The molecule has 2 aromatic carbocycles. The summed E-state index contributed by atoms with van der Waals surface area (Å²) in [5.41, 5.74) is 3.60. The molecule has 5 rings (SSSR count). The van der Waals surface area contributed by atoms with Crippen molar-refractivity contribution < 1.29 is 13.2 Å². The number of sulfonamides is 1. The molecule has 7 nitrogen and oxygen atoms in total. The van der Waals surface area contributed by atoms with Crippen LogP contribution in [0.15, 0.2) is 47.4 Å². The van der Waals surface area contributed by atoms with Crippen LogP contribution in [0, 0.1) is 6.92 Å². The van der Waals surface area contributed by atoms with Crippen molar-refractivity contribution in [2.24, 2.45) is 0 Å². The number of imidazole rings is 1. The molecule has 168 valence electrons. The first kappa shape index (κ1) is 21.2. The number of hydrogen-bond acceptors (Lipinski definition) is 4. The van der Waals surface area contributed by atoms with Crippen LogP contribution in [0.5, 0.6) is 0 Å². The van der Waals surface area contributed by atoms with Crippen LogP contribution in [0.3, 0.4) is 0 Å². The van der Waals surface area contributed by atoms with Gasteiger partial charge < -0.3 is 9.88 Å². The van der Waals surface area contributed by atoms with Crippen molar-refractivity contribution in [3.8, 4) is 0 Å². The van der Waals surface area contributed by atoms with E-state index in [-0.39, 0.29) is 10.8 Å². The number of nitrogens with zero attached hydrogens (tertiary/aromatic N) is 3. The van der Waals surface area contributed by atoms with Crippen molar-refractivity contribution in [3.63, 3.8) is 0 Å². The highest BCUT2D eigenvalue weighted by Crippen LogP contribution is 2.28. The minimum atomic E-state index is -3.73. The fourth-order valence-corrected chi connectivity index (χ4v) is 6.45. The van der Waals surface area contributed by atoms with Crippen molar-refractivity contribution in [1.29, 1.82) is 0 Å². The Balaban J connectivity index is 1.37. The van der Waals surface area contributed by atoms with E-state index in [0.717, 1.165) is 48.2 Å². The van der Waals surface area contributed by atoms with Gasteiger partial charge in [0.1, 0.15) is 11.9 Å². The van der Waals surface area contributed by atoms with E-state index < -0.39 is 16.1 Å². The Hall–Kier alpha value is -2.71. The standard InChI is InChI=1S/C24H28N4O3S/c1-17-8-11-19(12-9-17)32(30,31)28-15-5-6-22(28)24(29)25-18-10-13-21-20(16-18)26-23-7-3-2-4-14-27(21)23/h8-13,16,22H,2-7,14-15H2,1H3,(H,25,29)/t22-/m1/s1. The lowest BCUT2D eigenvalue weighted by Gasteiger charge is -2.23. The zero-order valence-electron chi connectivity index (χ0n) is 18.3. The Labute approximate surface area is 188 Å². The topological polar surface area (TPSA) is 84.3 Å². The molecular weight excluding hydrogens is 424 g/mol. The zero-order valence-corrected chi connectivity index (χ0v) is 19.1. The van der Waals surface area contributed by atoms with E-state index in [0.29, 0.717) is 25.1 Å². The largest absolute Gasteiger partial charge is 0.328 e. The van der Waals surface area contributed by atoms with Gasteiger partial charge in [-0.05, 0) is 62.9 Å². The minimum absolute atomic E-state index is 0.226. The van der Waals surface area contributed by atoms with Gasteiger partial charge in [-0.15, -0.1) is 0 Å². The van der Waals surface area contributed by atoms with E-state index in [2.05, 4.69) is 9.88 Å². The molecular formula is C24H28N4O3S. The fourth-order valence-electron chi connectivity index (χ4n) is 4.79. The molecule has 0 spiro atoms. The molecule has 1 N–H and O–H groups in total. The molecule has 1 atom stereocenters. The predicted molar refractivity (Wildman–Crippen MR) is 124 cm³/mol. The molecule has 0 aliphatic carbocycles. The number of carbonyl (C=O) groups excluding carboxylic acids is 1. The summed E-state index contributed by atoms with van der Waals surface area (Å²) in [6, 6.07) is 11.8. The van der Waals surface area contributed by atoms with Gasteiger partial charge in [-0.1, -0.05) is 24.1 Å². The van der Waals surface area contributed by atoms with Crippen molar-refractivity contribution in [2.75, 3.05) is 11.9 Å². The number of anilines is 1. The molecule has 1 fully saturated rings. The summed E-state index contributed by atoms with van der Waals surface area (Å²) in [6.45, 7) is 3.24. The van der Waals surface area contributed by atoms with Crippen LogP contribution >= 0.6 is 0 Å². The number of nitrogens with one attached hydrogen (secondary N) is 1. The second-order valence-corrected chi connectivity index (χ2v) is 10.7. The van der Waals surface area contributed by atoms with Gasteiger partial charge in [0.15, 0.2) is 0 Å². The normalized spacial score (nSPS) is 19.6. The van der Waals surface area contributed by atoms with E-state index in [4.69, 9.17) is 4.98 Å². The number of aromatic nitrogens is 2. The van der Waals surface area contributed by atoms with E-state index in [1.165, 1.54) is 10.7 Å². The predicted octanol–water partition coefficient (Wildman–Crippen LogP) is 3.86. The molecule has 32 heavy (non-hydrogen) atoms. The first-order valence-electron chi connectivity index (χ1n) is 11.3. The maximum absolute atomic E-state index is 13.2. The monoisotopic (exact) mass is 452 g/mol. The number of fused-ring (bicyclic) bond motifs is 3. The summed E-state index contributed by atoms with van der Waals surface area (Å²) in [7, 11) is -3.73. The van der Waals surface area contributed by atoms with Gasteiger partial charge >= 0.3 is 0 Å². The maximum Gasteiger partial charge on any atom is 0.243 e. The zero-order chi connectivity index (χ0) is 22.3. The van der Waals surface area contributed by atoms with Crippen LogP contribution < -0.4 is 5.32 Å². The molecule has 0 bridgehead atoms. The smallest absolute Gasteiger partial charge is 0.243 e. The van der Waals surface area contributed by atoms with Crippen molar-refractivity contribution in [1.82, 2.24) is 13.9 Å². The molecule has 2 aliphatic rings. The highest BCUT2D eigenvalue weighted by molar-refractivity contribution is 7.89. The summed E-state index contributed by atoms with van der Waals surface area (Å²) < 4.78 is 29.9. The Kier molecular flexibility index (Phi) is 5.51. The van der Waals surface area contributed by atoms with Gasteiger partial charge in [0.2, 0.25) is 15.9 Å². The second kappa shape index (κ2) is 8.33. The van der Waals surface area contributed by atoms with Crippen LogP contribution in [0.1, 0.15) is 43.5 Å². The van der Waals surface area contributed by atoms with Crippen LogP contribution in [0.25, 0.3) is 11.0 Å². The highest BCUT2D eigenvalue weighted by atomic mass is 32.2. The summed E-state index contributed by atoms with van der Waals surface area (Å²) in [4.78, 5) is 18.1. The average molecular weight is 453 g/mol. The third-order valence-electron chi connectivity index (χ3n) is 6.51. The van der Waals surface area contributed by atoms with Crippen molar-refractivity contribution in [3.05, 3.63) is 53.9 Å². The fraction of sp³-hybridized carbons (Fsp3) is 0.417. The third kappa shape index (κ3) is 3.82. The van der Waals surface area contributed by atoms with E-state index in [9.17, 15) is 13.2 Å². The molecule has 3 aromatic rings. The molecule has 8 heteroatoms. The first-order valence-corrected chi connectivity index (χ1v) is 12.8. The Bertz CT molecular complexity index is 1260. The molecule has 0 unspecified atom stereocenters. The summed E-state index contributed by atoms with van der Waals surface area (Å²) in [5.74, 6) is 0.811. The number of aryl methyl sites for hydroxylation is 3. The number of hydrogen-bond donors (Lipinski definition) is 1. The quantitative estimate of drug-likeness (QED) is 0.651. The van der Waals surface area contributed by atoms with Gasteiger partial charge in [-0.2, -0.15) is 4.31 Å². The van der Waals surface area contributed by atoms with E-state index in [1.807, 2.05) is 25.1 Å². The molecule has 1 saturated heterocycles. The summed E-state index contributed by atoms with van der Waals surface area (Å²) in [5, 5.41) is 2.94. The van der Waals surface area contributed by atoms with E-state index >= 15 is 0 Å². The van der Waals surface area contributed by atoms with Crippen LogP contribution in [0.4, 0.5) is 5.69 Å². The van der Waals surface area contributed by atoms with Crippen LogP contribution in [-0.4, -0.2) is 40.8 Å². The highest BCUT2D eigenvalue weighted by Gasteiger charge is 2.39. The maximum atomic E-state index is 13.2. The SMILES string of the molecule is Cc1ccc(S(=O)(=O)N2CCC[C@@H]2C(=O)Nc2ccc3c(c2)nc2n3CCCCC2)cc1. The molecule has 0 saturated carbocycles. The van der Waals surface area contributed by atoms with Gasteiger partial charge in [-0.3, -0.25) is 4.79 Å². The Morgan fingerprint density at radius 3 is 2.66 bits per heavy atom. The molecule has 2 aliphatic heterocycles. The minimum Gasteiger partial charge on any atom is -0.328 e. The van der Waals surface area contributed by atoms with Crippen LogP contribution in [0.2, 0.25) is 0 Å². The third-order valence-corrected chi connectivity index (χ3v) is 8.43. The van der Waals surface area contributed by atoms with Gasteiger partial charge in [0, 0.05) is 25.2 Å². The Morgan fingerprint density at radius 2 is 1.84 bits per heavy atom. The first-order chi connectivity index (χ1) is 15.4. The van der Waals surface area contributed by atoms with E-state index in [1.54, 1.807) is 24.3 Å². The summed E-state index contributed by atoms with van der Waals surface area (Å²) >= 11 is 0. The molecule has 0 radical (unpaired) electrons. The van der Waals surface area contributed by atoms with Gasteiger partial charge in [0.05, 0.1) is 15.9 Å². The number of amides is 1. The number of benzene rings is 2. The Morgan fingerprint density at radius 1 is 1.03 bits per heavy atom.